The van der Waals surface area contributed by atoms with Crippen LogP contribution in [0.1, 0.15) is 52.4 Å². The quantitative estimate of drug-likeness (QED) is 0.425. The minimum absolute atomic E-state index is 0.571. The number of hydrogen-bond donors (Lipinski definition) is 0. The van der Waals surface area contributed by atoms with Gasteiger partial charge >= 0.3 is 0 Å². The van der Waals surface area contributed by atoms with E-state index in [0.717, 1.165) is 0 Å². The number of rotatable bonds is 6. The van der Waals surface area contributed by atoms with Crippen LogP contribution in [-0.4, -0.2) is 12.2 Å². The summed E-state index contributed by atoms with van der Waals surface area (Å²) < 4.78 is 5.32. The molecule has 0 radical (unpaired) electrons. The van der Waals surface area contributed by atoms with E-state index < -0.39 is 0 Å². The van der Waals surface area contributed by atoms with Crippen molar-refractivity contribution in [2.24, 2.45) is 0 Å². The zero-order chi connectivity index (χ0) is 8.10. The van der Waals surface area contributed by atoms with Crippen LogP contribution in [0.25, 0.3) is 0 Å². The zero-order valence-electron chi connectivity index (χ0n) is 7.81. The van der Waals surface area contributed by atoms with Crippen LogP contribution in [0, 0.1) is 0 Å². The minimum Gasteiger partial charge on any atom is -0.370 e. The maximum absolute atomic E-state index is 5.32. The van der Waals surface area contributed by atoms with Gasteiger partial charge in [0, 0.05) is 0 Å². The Balaban J connectivity index is 1.74. The molecule has 0 spiro atoms. The summed E-state index contributed by atoms with van der Waals surface area (Å²) in [6, 6.07) is 0. The third kappa shape index (κ3) is 3.76. The lowest BCUT2D eigenvalue weighted by atomic mass is 10.1. The van der Waals surface area contributed by atoms with Crippen LogP contribution >= 0.6 is 0 Å². The second kappa shape index (κ2) is 4.76. The lowest BCUT2D eigenvalue weighted by molar-refractivity contribution is 0.364. The molecule has 11 heavy (non-hydrogen) atoms. The molecule has 1 aliphatic heterocycles. The van der Waals surface area contributed by atoms with Crippen molar-refractivity contribution in [2.75, 3.05) is 0 Å². The molecule has 0 N–H and O–H groups in total. The molecule has 0 aliphatic carbocycles. The van der Waals surface area contributed by atoms with E-state index >= 15 is 0 Å². The van der Waals surface area contributed by atoms with E-state index in [9.17, 15) is 0 Å². The Labute approximate surface area is 70.1 Å². The highest BCUT2D eigenvalue weighted by Crippen LogP contribution is 2.26. The Morgan fingerprint density at radius 3 is 2.27 bits per heavy atom. The fourth-order valence-corrected chi connectivity index (χ4v) is 1.48. The van der Waals surface area contributed by atoms with Gasteiger partial charge in [0.15, 0.2) is 0 Å². The molecule has 0 amide bonds. The predicted octanol–water partition coefficient (Wildman–Crippen LogP) is 3.13. The number of epoxide rings is 1. The van der Waals surface area contributed by atoms with E-state index in [1.165, 1.54) is 38.5 Å². The lowest BCUT2D eigenvalue weighted by Gasteiger charge is -1.96. The molecular weight excluding hydrogens is 136 g/mol. The van der Waals surface area contributed by atoms with Crippen LogP contribution in [0.3, 0.4) is 0 Å². The maximum atomic E-state index is 5.32. The Morgan fingerprint density at radius 1 is 1.09 bits per heavy atom. The molecule has 2 atom stereocenters. The summed E-state index contributed by atoms with van der Waals surface area (Å²) in [6.07, 6.45) is 9.42. The number of unbranched alkanes of at least 4 members (excludes halogenated alkanes) is 4. The molecule has 1 aliphatic rings. The predicted molar refractivity (Wildman–Crippen MR) is 47.7 cm³/mol. The van der Waals surface area contributed by atoms with Gasteiger partial charge in [-0.15, -0.1) is 0 Å². The van der Waals surface area contributed by atoms with Crippen molar-refractivity contribution in [1.29, 1.82) is 0 Å². The highest BCUT2D eigenvalue weighted by Gasteiger charge is 2.32. The van der Waals surface area contributed by atoms with Crippen LogP contribution in [0.15, 0.2) is 0 Å². The van der Waals surface area contributed by atoms with Gasteiger partial charge in [-0.3, -0.25) is 0 Å². The number of hydrogen-bond acceptors (Lipinski definition) is 1. The fourth-order valence-electron chi connectivity index (χ4n) is 1.48. The molecule has 1 saturated heterocycles. The van der Waals surface area contributed by atoms with E-state index in [0.29, 0.717) is 12.2 Å². The van der Waals surface area contributed by atoms with Crippen molar-refractivity contribution >= 4 is 0 Å². The average molecular weight is 156 g/mol. The molecule has 0 aromatic heterocycles. The van der Waals surface area contributed by atoms with Crippen LogP contribution in [0.4, 0.5) is 0 Å². The van der Waals surface area contributed by atoms with Gasteiger partial charge in [0.2, 0.25) is 0 Å². The summed E-state index contributed by atoms with van der Waals surface area (Å²) in [4.78, 5) is 0. The molecule has 0 saturated carbocycles. The molecule has 1 rings (SSSR count). The lowest BCUT2D eigenvalue weighted by Crippen LogP contribution is -1.89. The molecule has 1 heteroatoms. The molecule has 1 nitrogen and oxygen atoms in total. The highest BCUT2D eigenvalue weighted by atomic mass is 16.6. The van der Waals surface area contributed by atoms with E-state index in [1.807, 2.05) is 0 Å². The number of ether oxygens (including phenoxy) is 1. The highest BCUT2D eigenvalue weighted by molar-refractivity contribution is 4.79. The first-order valence-corrected chi connectivity index (χ1v) is 5.00. The third-order valence-corrected chi connectivity index (χ3v) is 2.43. The molecule has 0 aromatic carbocycles. The first-order valence-electron chi connectivity index (χ1n) is 5.00. The molecule has 0 unspecified atom stereocenters. The van der Waals surface area contributed by atoms with E-state index in [1.54, 1.807) is 0 Å². The van der Waals surface area contributed by atoms with E-state index in [2.05, 4.69) is 13.8 Å². The topological polar surface area (TPSA) is 12.5 Å². The third-order valence-electron chi connectivity index (χ3n) is 2.43. The van der Waals surface area contributed by atoms with Crippen molar-refractivity contribution in [1.82, 2.24) is 0 Å². The molecule has 0 aromatic rings. The van der Waals surface area contributed by atoms with Crippen LogP contribution < -0.4 is 0 Å². The summed E-state index contributed by atoms with van der Waals surface area (Å²) in [7, 11) is 0. The maximum Gasteiger partial charge on any atom is 0.0839 e. The second-order valence-electron chi connectivity index (χ2n) is 3.58. The summed E-state index contributed by atoms with van der Waals surface area (Å²) >= 11 is 0. The SMILES string of the molecule is CCCCCCC[C@H]1O[C@H]1C. The van der Waals surface area contributed by atoms with Crippen molar-refractivity contribution in [3.63, 3.8) is 0 Å². The van der Waals surface area contributed by atoms with Crippen molar-refractivity contribution in [2.45, 2.75) is 64.6 Å². The van der Waals surface area contributed by atoms with Crippen LogP contribution in [-0.2, 0) is 4.74 Å². The average Bonchev–Trinajstić information content (AvgIpc) is 2.67. The summed E-state index contributed by atoms with van der Waals surface area (Å²) in [5, 5.41) is 0. The molecular formula is C10H20O. The Kier molecular flexibility index (Phi) is 3.92. The molecule has 1 heterocycles. The monoisotopic (exact) mass is 156 g/mol. The summed E-state index contributed by atoms with van der Waals surface area (Å²) in [5.41, 5.74) is 0. The summed E-state index contributed by atoms with van der Waals surface area (Å²) in [5.74, 6) is 0. The smallest absolute Gasteiger partial charge is 0.0839 e. The van der Waals surface area contributed by atoms with E-state index in [-0.39, 0.29) is 0 Å². The minimum atomic E-state index is 0.571. The van der Waals surface area contributed by atoms with Gasteiger partial charge < -0.3 is 4.74 Å². The van der Waals surface area contributed by atoms with Crippen molar-refractivity contribution in [3.8, 4) is 0 Å². The largest absolute Gasteiger partial charge is 0.370 e. The molecule has 1 fully saturated rings. The molecule has 0 bridgehead atoms. The Bertz CT molecular complexity index is 101. The second-order valence-corrected chi connectivity index (χ2v) is 3.58. The Morgan fingerprint density at radius 2 is 1.73 bits per heavy atom. The standard InChI is InChI=1S/C10H20O/c1-3-4-5-6-7-8-10-9(2)11-10/h9-10H,3-8H2,1-2H3/t9-,10+/m0/s1. The van der Waals surface area contributed by atoms with Gasteiger partial charge in [-0.05, 0) is 13.3 Å². The van der Waals surface area contributed by atoms with Gasteiger partial charge in [0.1, 0.15) is 0 Å². The van der Waals surface area contributed by atoms with Crippen molar-refractivity contribution < 1.29 is 4.74 Å². The van der Waals surface area contributed by atoms with Gasteiger partial charge in [0.05, 0.1) is 12.2 Å². The first-order chi connectivity index (χ1) is 5.34. The van der Waals surface area contributed by atoms with Gasteiger partial charge in [0.25, 0.3) is 0 Å². The van der Waals surface area contributed by atoms with Gasteiger partial charge in [-0.2, -0.15) is 0 Å². The normalized spacial score (nSPS) is 28.9. The zero-order valence-corrected chi connectivity index (χ0v) is 7.81. The molecule has 66 valence electrons. The van der Waals surface area contributed by atoms with Gasteiger partial charge in [-0.25, -0.2) is 0 Å². The Hall–Kier alpha value is -0.0400. The van der Waals surface area contributed by atoms with Gasteiger partial charge in [-0.1, -0.05) is 39.0 Å². The first kappa shape index (κ1) is 9.05. The van der Waals surface area contributed by atoms with Crippen LogP contribution in [0.5, 0.6) is 0 Å². The van der Waals surface area contributed by atoms with E-state index in [4.69, 9.17) is 4.74 Å². The van der Waals surface area contributed by atoms with Crippen molar-refractivity contribution in [3.05, 3.63) is 0 Å². The summed E-state index contributed by atoms with van der Waals surface area (Å²) in [6.45, 7) is 4.42. The fraction of sp³-hybridized carbons (Fsp3) is 1.00. The van der Waals surface area contributed by atoms with Crippen LogP contribution in [0.2, 0.25) is 0 Å².